The third-order valence-electron chi connectivity index (χ3n) is 18.7. The van der Waals surface area contributed by atoms with Gasteiger partial charge >= 0.3 is 43.0 Å². The largest absolute Gasteiger partial charge is 0.562 e. The zero-order chi connectivity index (χ0) is 96.5. The maximum Gasteiger partial charge on any atom is 0.562 e. The van der Waals surface area contributed by atoms with Crippen molar-refractivity contribution in [2.24, 2.45) is 0 Å². The van der Waals surface area contributed by atoms with Crippen LogP contribution in [0.5, 0.6) is 63.2 Å². The van der Waals surface area contributed by atoms with Gasteiger partial charge in [0.05, 0.1) is 0 Å². The van der Waals surface area contributed by atoms with E-state index in [2.05, 4.69) is 0 Å². The highest BCUT2D eigenvalue weighted by molar-refractivity contribution is 6.81. The van der Waals surface area contributed by atoms with Crippen LogP contribution >= 0.6 is 0 Å². The summed E-state index contributed by atoms with van der Waals surface area (Å²) < 4.78 is 87.0. The number of aliphatic hydroxyl groups excluding tert-OH is 2. The second-order valence-corrected chi connectivity index (χ2v) is 43.1. The number of aliphatic hydroxyl groups is 2. The molecule has 0 saturated heterocycles. The van der Waals surface area contributed by atoms with E-state index < -0.39 is 43.0 Å². The number of rotatable bonds is 26. The SMILES string of the molecule is CC.CO.CO.CO[Si](C)(OC)Oc1ccccc1.CO[Si](C)(OC)c1ccccc1.CO[Si](C)(OC)c1ccccc1.CO[Si](C)(OC)c1ccccc1.CO[Si](C)(OC)c1ccccc1.c1ccc(Oc2ccccc2)cc1.c1ccc(Oc2ccccc2)cc1.c1ccc(Oc2ccccc2)cc1.c1ccc(Oc2ccccc2)cc1.c1ccc(Oc2ccccc2)cc1. The first-order valence-electron chi connectivity index (χ1n) is 42.6. The number of para-hydroxylation sites is 11. The van der Waals surface area contributed by atoms with Crippen molar-refractivity contribution in [3.63, 3.8) is 0 Å². The Hall–Kier alpha value is -12.3. The Balaban J connectivity index is 0.000000375. The predicted octanol–water partition coefficient (Wildman–Crippen LogP) is 24.6. The lowest BCUT2D eigenvalue weighted by molar-refractivity contribution is 0.169. The lowest BCUT2D eigenvalue weighted by atomic mass is 10.3. The fourth-order valence-electron chi connectivity index (χ4n) is 10.7. The Morgan fingerprint density at radius 3 is 0.341 bits per heavy atom. The van der Waals surface area contributed by atoms with Gasteiger partial charge < -0.3 is 82.6 Å². The van der Waals surface area contributed by atoms with Crippen LogP contribution in [-0.4, -0.2) is 139 Å². The summed E-state index contributed by atoms with van der Waals surface area (Å²) in [5.41, 5.74) is 0. The van der Waals surface area contributed by atoms with Gasteiger partial charge in [0.25, 0.3) is 0 Å². The van der Waals surface area contributed by atoms with Gasteiger partial charge in [-0.15, -0.1) is 0 Å². The molecule has 15 rings (SSSR count). The van der Waals surface area contributed by atoms with Gasteiger partial charge in [0.2, 0.25) is 0 Å². The molecule has 698 valence electrons. The van der Waals surface area contributed by atoms with Crippen molar-refractivity contribution in [3.05, 3.63) is 455 Å². The molecule has 132 heavy (non-hydrogen) atoms. The van der Waals surface area contributed by atoms with Crippen molar-refractivity contribution in [2.45, 2.75) is 46.6 Å². The molecule has 0 bridgehead atoms. The van der Waals surface area contributed by atoms with Crippen LogP contribution in [-0.2, 0) is 44.3 Å². The smallest absolute Gasteiger partial charge is 0.501 e. The van der Waals surface area contributed by atoms with E-state index in [-0.39, 0.29) is 0 Å². The Kier molecular flexibility index (Phi) is 60.1. The molecule has 0 unspecified atom stereocenters. The molecule has 15 aromatic carbocycles. The normalized spacial score (nSPS) is 10.2. The molecular weight excluding hydrogens is 1740 g/mol. The topological polar surface area (TPSA) is 188 Å². The van der Waals surface area contributed by atoms with E-state index in [1.165, 1.54) is 0 Å². The molecule has 0 amide bonds. The van der Waals surface area contributed by atoms with Crippen molar-refractivity contribution in [1.82, 2.24) is 0 Å². The third-order valence-corrected chi connectivity index (χ3v) is 32.6. The summed E-state index contributed by atoms with van der Waals surface area (Å²) in [7, 11) is 8.04. The summed E-state index contributed by atoms with van der Waals surface area (Å²) in [4.78, 5) is 0. The molecule has 15 aromatic rings. The van der Waals surface area contributed by atoms with Crippen LogP contribution in [0, 0.1) is 0 Å². The number of ether oxygens (including phenoxy) is 5. The minimum atomic E-state index is -2.44. The van der Waals surface area contributed by atoms with E-state index in [1.54, 1.807) is 71.1 Å². The van der Waals surface area contributed by atoms with Crippen LogP contribution in [0.15, 0.2) is 455 Å². The van der Waals surface area contributed by atoms with E-state index in [0.717, 1.165) is 98.2 Å². The third kappa shape index (κ3) is 46.0. The summed E-state index contributed by atoms with van der Waals surface area (Å²) in [6.45, 7) is 14.0. The van der Waals surface area contributed by atoms with Crippen molar-refractivity contribution < 1.29 is 82.6 Å². The maximum atomic E-state index is 7.00. The number of benzene rings is 15. The van der Waals surface area contributed by atoms with E-state index in [0.29, 0.717) is 0 Å². The Bertz CT molecular complexity index is 4270. The quantitative estimate of drug-likeness (QED) is 0.0487. The van der Waals surface area contributed by atoms with Crippen LogP contribution in [0.2, 0.25) is 32.7 Å². The molecular formula is C109H134O18Si5. The second-order valence-electron chi connectivity index (χ2n) is 27.2. The average molecular weight is 1870 g/mol. The van der Waals surface area contributed by atoms with Crippen LogP contribution in [0.4, 0.5) is 0 Å². The van der Waals surface area contributed by atoms with E-state index in [4.69, 9.17) is 82.6 Å². The van der Waals surface area contributed by atoms with Gasteiger partial charge in [-0.2, -0.15) is 0 Å². The highest BCUT2D eigenvalue weighted by Gasteiger charge is 2.35. The lowest BCUT2D eigenvalue weighted by Crippen LogP contribution is -2.49. The molecule has 0 radical (unpaired) electrons. The molecule has 0 saturated carbocycles. The van der Waals surface area contributed by atoms with Gasteiger partial charge in [-0.05, 0) is 180 Å². The van der Waals surface area contributed by atoms with Crippen LogP contribution in [0.3, 0.4) is 0 Å². The molecule has 0 aliphatic rings. The van der Waals surface area contributed by atoms with Crippen molar-refractivity contribution >= 4 is 63.8 Å². The molecule has 0 heterocycles. The zero-order valence-electron chi connectivity index (χ0n) is 79.7. The lowest BCUT2D eigenvalue weighted by Gasteiger charge is -2.22. The molecule has 0 fully saturated rings. The molecule has 18 nitrogen and oxygen atoms in total. The number of hydrogen-bond donors (Lipinski definition) is 2. The van der Waals surface area contributed by atoms with E-state index >= 15 is 0 Å². The van der Waals surface area contributed by atoms with Gasteiger partial charge in [0, 0.05) is 91.9 Å². The van der Waals surface area contributed by atoms with Crippen molar-refractivity contribution in [2.75, 3.05) is 85.3 Å². The summed E-state index contributed by atoms with van der Waals surface area (Å²) >= 11 is 0. The zero-order valence-corrected chi connectivity index (χ0v) is 84.7. The first kappa shape index (κ1) is 114. The Morgan fingerprint density at radius 1 is 0.144 bits per heavy atom. The molecule has 0 aromatic heterocycles. The molecule has 0 spiro atoms. The van der Waals surface area contributed by atoms with Crippen LogP contribution in [0.25, 0.3) is 0 Å². The summed E-state index contributed by atoms with van der Waals surface area (Å²) in [6.07, 6.45) is 0. The molecule has 0 atom stereocenters. The van der Waals surface area contributed by atoms with Crippen LogP contribution in [0.1, 0.15) is 13.8 Å². The van der Waals surface area contributed by atoms with E-state index in [9.17, 15) is 0 Å². The maximum absolute atomic E-state index is 7.00. The van der Waals surface area contributed by atoms with Gasteiger partial charge in [0.15, 0.2) is 0 Å². The fraction of sp³-hybridized carbons (Fsp3) is 0.174. The van der Waals surface area contributed by atoms with E-state index in [1.807, 2.05) is 502 Å². The van der Waals surface area contributed by atoms with Crippen molar-refractivity contribution in [1.29, 1.82) is 0 Å². The summed E-state index contributed by atoms with van der Waals surface area (Å²) in [6, 6.07) is 147. The molecule has 0 aliphatic carbocycles. The molecule has 23 heteroatoms. The highest BCUT2D eigenvalue weighted by atomic mass is 28.4. The molecule has 2 N–H and O–H groups in total. The molecule has 0 aliphatic heterocycles. The standard InChI is InChI=1S/5C12H10O.C9H14O3Si.4C9H14O2Si.C2H6.2CH4O/c5*1-3-7-11(8-4-1)13-12-9-5-2-6-10-12;1-10-13(3,11-2)12-9-7-5-4-6-8-9;4*1-10-12(3,11-2)9-7-5-4-6-8-9;3*1-2/h5*1-10H;4-8H,1-3H3;4*4-8H,1-3H3;1-2H3;2*2H,1H3. The Labute approximate surface area is 791 Å². The average Bonchev–Trinajstić information content (AvgIpc) is 0.854. The monoisotopic (exact) mass is 1870 g/mol. The minimum Gasteiger partial charge on any atom is -0.501 e. The second kappa shape index (κ2) is 69.6. The fourth-order valence-corrected chi connectivity index (χ4v) is 17.3. The summed E-state index contributed by atoms with van der Waals surface area (Å²) in [5.74, 6) is 9.47. The van der Waals surface area contributed by atoms with Gasteiger partial charge in [-0.25, -0.2) is 0 Å². The van der Waals surface area contributed by atoms with Gasteiger partial charge in [-0.3, -0.25) is 0 Å². The first-order chi connectivity index (χ1) is 64.4. The van der Waals surface area contributed by atoms with Crippen LogP contribution < -0.4 is 48.9 Å². The van der Waals surface area contributed by atoms with Gasteiger partial charge in [-0.1, -0.05) is 335 Å². The highest BCUT2D eigenvalue weighted by Crippen LogP contribution is 2.25. The van der Waals surface area contributed by atoms with Crippen molar-refractivity contribution in [3.8, 4) is 63.2 Å². The Morgan fingerprint density at radius 2 is 0.242 bits per heavy atom. The van der Waals surface area contributed by atoms with Gasteiger partial charge in [0.1, 0.15) is 63.2 Å². The first-order valence-corrected chi connectivity index (χ1v) is 54.1. The number of hydrogen-bond acceptors (Lipinski definition) is 18. The minimum absolute atomic E-state index is 0.778. The summed E-state index contributed by atoms with van der Waals surface area (Å²) in [5, 5.41) is 18.6. The predicted molar refractivity (Wildman–Crippen MR) is 552 cm³/mol.